The molecule has 3 aliphatic heterocycles. The van der Waals surface area contributed by atoms with Crippen molar-refractivity contribution in [1.82, 2.24) is 10.2 Å². The summed E-state index contributed by atoms with van der Waals surface area (Å²) in [6, 6.07) is 7.95. The average molecular weight is 507 g/mol. The molecular weight excluding hydrogens is 476 g/mol. The molecule has 37 heavy (non-hydrogen) atoms. The Morgan fingerprint density at radius 1 is 1.16 bits per heavy atom. The number of alkyl halides is 1. The summed E-state index contributed by atoms with van der Waals surface area (Å²) in [7, 11) is -0.751. The lowest BCUT2D eigenvalue weighted by Crippen LogP contribution is -2.51. The number of nitriles is 1. The Morgan fingerprint density at radius 3 is 2.41 bits per heavy atom. The molecule has 194 valence electrons. The van der Waals surface area contributed by atoms with Gasteiger partial charge in [-0.05, 0) is 81.8 Å². The van der Waals surface area contributed by atoms with Crippen molar-refractivity contribution in [2.75, 3.05) is 0 Å². The van der Waals surface area contributed by atoms with Crippen molar-refractivity contribution in [3.8, 4) is 6.07 Å². The van der Waals surface area contributed by atoms with Gasteiger partial charge in [-0.2, -0.15) is 5.26 Å². The first-order valence-electron chi connectivity index (χ1n) is 12.6. The quantitative estimate of drug-likeness (QED) is 0.596. The first-order chi connectivity index (χ1) is 17.3. The van der Waals surface area contributed by atoms with Crippen molar-refractivity contribution in [3.05, 3.63) is 53.0 Å². The maximum atomic E-state index is 16.6. The second-order valence-electron chi connectivity index (χ2n) is 11.4. The van der Waals surface area contributed by atoms with E-state index in [0.717, 1.165) is 6.42 Å². The smallest absolute Gasteiger partial charge is 0.465 e. The summed E-state index contributed by atoms with van der Waals surface area (Å²) in [5, 5.41) is 20.9. The van der Waals surface area contributed by atoms with Crippen molar-refractivity contribution in [2.24, 2.45) is 0 Å². The molecule has 8 nitrogen and oxygen atoms in total. The maximum Gasteiger partial charge on any atom is 0.495 e. The predicted octanol–water partition coefficient (Wildman–Crippen LogP) is 4.01. The molecule has 2 N–H and O–H groups in total. The van der Waals surface area contributed by atoms with Gasteiger partial charge in [0.15, 0.2) is 0 Å². The van der Waals surface area contributed by atoms with E-state index >= 15 is 4.39 Å². The molecule has 0 spiro atoms. The standard InChI is InChI=1S/C27H31BFN3O5/c1-25(2)26(3,4)37-28(36-25)20-11-12-27(29,14-19(20)17-7-5-16(15-30)6-8-17)23(33)32-18-9-10-22(32)21(13-18)31-24(34)35/h5-8,11-12,18,21-22,31H,9-10,13-14H2,1-4H3,(H,34,35)/t18-,21+,22+,27?/m1/s1. The molecule has 4 aliphatic rings. The van der Waals surface area contributed by atoms with Crippen LogP contribution in [0.3, 0.4) is 0 Å². The lowest BCUT2D eigenvalue weighted by molar-refractivity contribution is -0.142. The summed E-state index contributed by atoms with van der Waals surface area (Å²) in [6.07, 6.45) is 3.36. The van der Waals surface area contributed by atoms with Gasteiger partial charge in [0.05, 0.1) is 34.9 Å². The third kappa shape index (κ3) is 4.24. The molecule has 1 aromatic rings. The van der Waals surface area contributed by atoms with Gasteiger partial charge >= 0.3 is 13.2 Å². The molecule has 3 fully saturated rings. The van der Waals surface area contributed by atoms with Crippen LogP contribution in [0, 0.1) is 11.3 Å². The molecule has 3 saturated heterocycles. The van der Waals surface area contributed by atoms with Crippen LogP contribution in [0.2, 0.25) is 0 Å². The Balaban J connectivity index is 1.49. The third-order valence-corrected chi connectivity index (χ3v) is 8.61. The number of nitrogens with one attached hydrogen (secondary N) is 1. The molecule has 3 heterocycles. The Bertz CT molecular complexity index is 1220. The number of carbonyl (C=O) groups is 2. The highest BCUT2D eigenvalue weighted by molar-refractivity contribution is 6.57. The van der Waals surface area contributed by atoms with Gasteiger partial charge in [-0.3, -0.25) is 4.79 Å². The molecule has 4 atom stereocenters. The van der Waals surface area contributed by atoms with E-state index in [4.69, 9.17) is 9.31 Å². The summed E-state index contributed by atoms with van der Waals surface area (Å²) >= 11 is 0. The highest BCUT2D eigenvalue weighted by Gasteiger charge is 2.57. The molecule has 0 radical (unpaired) electrons. The van der Waals surface area contributed by atoms with Gasteiger partial charge in [0, 0.05) is 12.5 Å². The van der Waals surface area contributed by atoms with E-state index in [9.17, 15) is 20.0 Å². The van der Waals surface area contributed by atoms with Crippen molar-refractivity contribution in [3.63, 3.8) is 0 Å². The fourth-order valence-electron chi connectivity index (χ4n) is 5.93. The van der Waals surface area contributed by atoms with E-state index in [2.05, 4.69) is 11.4 Å². The number of carboxylic acid groups (broad SMARTS) is 1. The summed E-state index contributed by atoms with van der Waals surface area (Å²) in [5.41, 5.74) is -1.15. The lowest BCUT2D eigenvalue weighted by Gasteiger charge is -2.34. The van der Waals surface area contributed by atoms with Gasteiger partial charge in [-0.25, -0.2) is 9.18 Å². The minimum atomic E-state index is -2.31. The van der Waals surface area contributed by atoms with Crippen molar-refractivity contribution in [2.45, 2.75) is 88.4 Å². The molecule has 2 bridgehead atoms. The molecule has 5 rings (SSSR count). The number of rotatable bonds is 4. The third-order valence-electron chi connectivity index (χ3n) is 8.61. The Labute approximate surface area is 216 Å². The molecule has 10 heteroatoms. The SMILES string of the molecule is CC1(C)OB(C2=C(c3ccc(C#N)cc3)CC(F)(C(=O)N3[C@@H]4CC[C@H]3[C@@H](NC(=O)O)C4)C=C2)OC1(C)C. The van der Waals surface area contributed by atoms with Gasteiger partial charge in [-0.15, -0.1) is 0 Å². The van der Waals surface area contributed by atoms with E-state index in [-0.39, 0.29) is 18.5 Å². The summed E-state index contributed by atoms with van der Waals surface area (Å²) in [6.45, 7) is 7.76. The summed E-state index contributed by atoms with van der Waals surface area (Å²) in [4.78, 5) is 26.5. The van der Waals surface area contributed by atoms with E-state index in [1.807, 2.05) is 27.7 Å². The number of allylic oxidation sites excluding steroid dienone is 3. The van der Waals surface area contributed by atoms with Gasteiger partial charge in [0.2, 0.25) is 5.67 Å². The molecule has 0 saturated carbocycles. The molecule has 1 unspecified atom stereocenters. The number of hydrogen-bond donors (Lipinski definition) is 2. The van der Waals surface area contributed by atoms with Crippen molar-refractivity contribution < 1.29 is 28.4 Å². The van der Waals surface area contributed by atoms with Crippen molar-refractivity contribution in [1.29, 1.82) is 5.26 Å². The monoisotopic (exact) mass is 507 g/mol. The second-order valence-corrected chi connectivity index (χ2v) is 11.4. The predicted molar refractivity (Wildman–Crippen MR) is 135 cm³/mol. The van der Waals surface area contributed by atoms with Crippen LogP contribution in [-0.2, 0) is 14.1 Å². The maximum absolute atomic E-state index is 16.6. The molecule has 1 aromatic carbocycles. The molecule has 2 amide bonds. The Hall–Kier alpha value is -3.16. The first-order valence-corrected chi connectivity index (χ1v) is 12.6. The van der Waals surface area contributed by atoms with Crippen LogP contribution in [0.5, 0.6) is 0 Å². The van der Waals surface area contributed by atoms with Crippen LogP contribution in [0.25, 0.3) is 5.57 Å². The highest BCUT2D eigenvalue weighted by Crippen LogP contribution is 2.46. The van der Waals surface area contributed by atoms with Crippen molar-refractivity contribution >= 4 is 24.7 Å². The highest BCUT2D eigenvalue weighted by atomic mass is 19.1. The molecule has 1 aliphatic carbocycles. The number of halogens is 1. The topological polar surface area (TPSA) is 112 Å². The van der Waals surface area contributed by atoms with Gasteiger partial charge in [-0.1, -0.05) is 18.2 Å². The number of fused-ring (bicyclic) bond motifs is 2. The molecular formula is C27H31BFN3O5. The Kier molecular flexibility index (Phi) is 6.00. The minimum absolute atomic E-state index is 0.192. The number of carbonyl (C=O) groups excluding carboxylic acids is 1. The van der Waals surface area contributed by atoms with E-state index < -0.39 is 42.0 Å². The van der Waals surface area contributed by atoms with Crippen LogP contribution in [-0.4, -0.2) is 64.1 Å². The summed E-state index contributed by atoms with van der Waals surface area (Å²) < 4.78 is 29.2. The van der Waals surface area contributed by atoms with Gasteiger partial charge in [0.25, 0.3) is 5.91 Å². The fourth-order valence-corrected chi connectivity index (χ4v) is 5.93. The van der Waals surface area contributed by atoms with E-state index in [1.165, 1.54) is 6.08 Å². The average Bonchev–Trinajstić information content (AvgIpc) is 3.46. The number of hydrogen-bond acceptors (Lipinski definition) is 5. The Morgan fingerprint density at radius 2 is 1.81 bits per heavy atom. The number of nitrogens with zero attached hydrogens (tertiary/aromatic N) is 2. The zero-order valence-corrected chi connectivity index (χ0v) is 21.5. The lowest BCUT2D eigenvalue weighted by atomic mass is 9.68. The molecule has 0 aromatic heterocycles. The normalized spacial score (nSPS) is 31.5. The fraction of sp³-hybridized carbons (Fsp3) is 0.519. The largest absolute Gasteiger partial charge is 0.495 e. The van der Waals surface area contributed by atoms with E-state index in [1.54, 1.807) is 35.2 Å². The van der Waals surface area contributed by atoms with Gasteiger partial charge < -0.3 is 24.6 Å². The zero-order chi connectivity index (χ0) is 26.8. The first kappa shape index (κ1) is 25.5. The van der Waals surface area contributed by atoms with E-state index in [0.29, 0.717) is 35.0 Å². The van der Waals surface area contributed by atoms with Crippen LogP contribution < -0.4 is 5.32 Å². The van der Waals surface area contributed by atoms with Crippen LogP contribution in [0.1, 0.15) is 64.5 Å². The number of benzene rings is 1. The van der Waals surface area contributed by atoms with Crippen LogP contribution in [0.4, 0.5) is 9.18 Å². The zero-order valence-electron chi connectivity index (χ0n) is 21.5. The van der Waals surface area contributed by atoms with Crippen LogP contribution in [0.15, 0.2) is 41.9 Å². The number of amides is 2. The van der Waals surface area contributed by atoms with Crippen LogP contribution >= 0.6 is 0 Å². The van der Waals surface area contributed by atoms with Gasteiger partial charge in [0.1, 0.15) is 0 Å². The second kappa shape index (κ2) is 8.71. The minimum Gasteiger partial charge on any atom is -0.465 e. The summed E-state index contributed by atoms with van der Waals surface area (Å²) in [5.74, 6) is -0.648.